The first-order chi connectivity index (χ1) is 15.5. The molecule has 0 unspecified atom stereocenters. The van der Waals surface area contributed by atoms with Crippen LogP contribution in [-0.2, 0) is 24.4 Å². The van der Waals surface area contributed by atoms with E-state index in [1.54, 1.807) is 23.9 Å². The van der Waals surface area contributed by atoms with E-state index in [4.69, 9.17) is 4.52 Å². The number of unbranched alkanes of at least 4 members (excludes halogenated alkanes) is 1. The Balaban J connectivity index is 1.76. The molecule has 1 aromatic carbocycles. The van der Waals surface area contributed by atoms with Crippen LogP contribution in [0.2, 0.25) is 0 Å². The van der Waals surface area contributed by atoms with Gasteiger partial charge < -0.3 is 14.4 Å². The molecular formula is C22H24N6O4. The molecule has 0 aliphatic rings. The van der Waals surface area contributed by atoms with Crippen LogP contribution in [0.4, 0.5) is 5.82 Å². The Morgan fingerprint density at radius 1 is 1.16 bits per heavy atom. The van der Waals surface area contributed by atoms with Gasteiger partial charge in [0.05, 0.1) is 6.33 Å². The lowest BCUT2D eigenvalue weighted by Gasteiger charge is -2.12. The molecule has 0 fully saturated rings. The number of amides is 1. The van der Waals surface area contributed by atoms with Crippen LogP contribution >= 0.6 is 0 Å². The van der Waals surface area contributed by atoms with Gasteiger partial charge in [0.2, 0.25) is 5.91 Å². The molecule has 0 atom stereocenters. The molecule has 10 nitrogen and oxygen atoms in total. The van der Waals surface area contributed by atoms with Gasteiger partial charge in [-0.3, -0.25) is 14.2 Å². The molecule has 0 aliphatic heterocycles. The number of fused-ring (bicyclic) bond motifs is 1. The number of aryl methyl sites for hydroxylation is 2. The van der Waals surface area contributed by atoms with E-state index >= 15 is 0 Å². The SMILES string of the molecule is CCCCn1c(=O)n(CC(=O)Nc2cc(C)on2)c(=O)c2c1ncn2Cc1ccccc1. The van der Waals surface area contributed by atoms with Gasteiger partial charge in [-0.25, -0.2) is 14.3 Å². The molecule has 0 aliphatic carbocycles. The number of anilines is 1. The van der Waals surface area contributed by atoms with Crippen molar-refractivity contribution in [3.8, 4) is 0 Å². The molecule has 3 aromatic heterocycles. The van der Waals surface area contributed by atoms with Crippen LogP contribution in [0.3, 0.4) is 0 Å². The van der Waals surface area contributed by atoms with Gasteiger partial charge in [-0.2, -0.15) is 0 Å². The summed E-state index contributed by atoms with van der Waals surface area (Å²) in [7, 11) is 0. The lowest BCUT2D eigenvalue weighted by Crippen LogP contribution is -2.43. The van der Waals surface area contributed by atoms with Crippen molar-refractivity contribution in [1.82, 2.24) is 23.8 Å². The van der Waals surface area contributed by atoms with Crippen LogP contribution in [0.5, 0.6) is 0 Å². The van der Waals surface area contributed by atoms with Gasteiger partial charge in [-0.15, -0.1) is 0 Å². The zero-order valence-corrected chi connectivity index (χ0v) is 17.9. The molecule has 4 aromatic rings. The number of aromatic nitrogens is 5. The van der Waals surface area contributed by atoms with Crippen molar-refractivity contribution in [2.24, 2.45) is 0 Å². The summed E-state index contributed by atoms with van der Waals surface area (Å²) >= 11 is 0. The number of rotatable bonds is 8. The molecule has 0 saturated heterocycles. The maximum absolute atomic E-state index is 13.3. The second kappa shape index (κ2) is 9.04. The summed E-state index contributed by atoms with van der Waals surface area (Å²) in [5.74, 6) is 0.209. The molecular weight excluding hydrogens is 412 g/mol. The summed E-state index contributed by atoms with van der Waals surface area (Å²) in [5, 5.41) is 6.26. The molecule has 4 rings (SSSR count). The molecule has 1 N–H and O–H groups in total. The molecule has 32 heavy (non-hydrogen) atoms. The lowest BCUT2D eigenvalue weighted by atomic mass is 10.2. The monoisotopic (exact) mass is 436 g/mol. The number of hydrogen-bond donors (Lipinski definition) is 1. The Labute approximate surface area is 183 Å². The Bertz CT molecular complexity index is 1360. The fourth-order valence-corrected chi connectivity index (χ4v) is 3.55. The molecule has 0 spiro atoms. The maximum Gasteiger partial charge on any atom is 0.333 e. The zero-order chi connectivity index (χ0) is 22.7. The topological polar surface area (TPSA) is 117 Å². The summed E-state index contributed by atoms with van der Waals surface area (Å²) < 4.78 is 9.06. The Hall–Kier alpha value is -3.95. The van der Waals surface area contributed by atoms with E-state index in [1.165, 1.54) is 4.57 Å². The first kappa shape index (κ1) is 21.3. The third kappa shape index (κ3) is 4.25. The van der Waals surface area contributed by atoms with E-state index in [9.17, 15) is 14.4 Å². The Kier molecular flexibility index (Phi) is 6.02. The molecule has 166 valence electrons. The summed E-state index contributed by atoms with van der Waals surface area (Å²) in [6.07, 6.45) is 3.16. The second-order valence-electron chi connectivity index (χ2n) is 7.58. The van der Waals surface area contributed by atoms with E-state index < -0.39 is 23.7 Å². The van der Waals surface area contributed by atoms with E-state index in [0.29, 0.717) is 24.5 Å². The van der Waals surface area contributed by atoms with E-state index in [0.717, 1.165) is 23.0 Å². The van der Waals surface area contributed by atoms with Crippen LogP contribution in [0.25, 0.3) is 11.2 Å². The summed E-state index contributed by atoms with van der Waals surface area (Å²) in [4.78, 5) is 43.4. The highest BCUT2D eigenvalue weighted by atomic mass is 16.5. The van der Waals surface area contributed by atoms with Crippen molar-refractivity contribution in [3.05, 3.63) is 74.9 Å². The predicted octanol–water partition coefficient (Wildman–Crippen LogP) is 2.14. The van der Waals surface area contributed by atoms with Crippen molar-refractivity contribution >= 4 is 22.9 Å². The molecule has 0 bridgehead atoms. The summed E-state index contributed by atoms with van der Waals surface area (Å²) in [6.45, 7) is 4.09. The quantitative estimate of drug-likeness (QED) is 0.452. The van der Waals surface area contributed by atoms with Crippen molar-refractivity contribution in [1.29, 1.82) is 0 Å². The number of nitrogens with one attached hydrogen (secondary N) is 1. The van der Waals surface area contributed by atoms with Crippen molar-refractivity contribution in [2.75, 3.05) is 5.32 Å². The Morgan fingerprint density at radius 2 is 1.94 bits per heavy atom. The van der Waals surface area contributed by atoms with Crippen LogP contribution in [-0.4, -0.2) is 29.7 Å². The van der Waals surface area contributed by atoms with E-state index in [2.05, 4.69) is 15.5 Å². The third-order valence-electron chi connectivity index (χ3n) is 5.11. The Morgan fingerprint density at radius 3 is 2.62 bits per heavy atom. The van der Waals surface area contributed by atoms with Gasteiger partial charge >= 0.3 is 5.69 Å². The summed E-state index contributed by atoms with van der Waals surface area (Å²) in [6, 6.07) is 11.2. The number of nitrogens with zero attached hydrogens (tertiary/aromatic N) is 5. The minimum atomic E-state index is -0.563. The van der Waals surface area contributed by atoms with Gasteiger partial charge in [-0.1, -0.05) is 48.8 Å². The predicted molar refractivity (Wildman–Crippen MR) is 119 cm³/mol. The highest BCUT2D eigenvalue weighted by Crippen LogP contribution is 2.12. The number of imidazole rings is 1. The third-order valence-corrected chi connectivity index (χ3v) is 5.11. The second-order valence-corrected chi connectivity index (χ2v) is 7.58. The molecule has 3 heterocycles. The average molecular weight is 436 g/mol. The van der Waals surface area contributed by atoms with Crippen molar-refractivity contribution in [2.45, 2.75) is 46.3 Å². The number of carbonyl (C=O) groups excluding carboxylic acids is 1. The smallest absolute Gasteiger partial charge is 0.333 e. The van der Waals surface area contributed by atoms with Gasteiger partial charge in [0.25, 0.3) is 5.56 Å². The van der Waals surface area contributed by atoms with Crippen LogP contribution < -0.4 is 16.6 Å². The average Bonchev–Trinajstić information content (AvgIpc) is 3.38. The van der Waals surface area contributed by atoms with Gasteiger partial charge in [0.1, 0.15) is 12.3 Å². The van der Waals surface area contributed by atoms with Gasteiger partial charge in [0.15, 0.2) is 17.0 Å². The highest BCUT2D eigenvalue weighted by molar-refractivity contribution is 5.89. The van der Waals surface area contributed by atoms with Crippen molar-refractivity contribution < 1.29 is 9.32 Å². The number of benzene rings is 1. The minimum Gasteiger partial charge on any atom is -0.360 e. The fourth-order valence-electron chi connectivity index (χ4n) is 3.55. The lowest BCUT2D eigenvalue weighted by molar-refractivity contribution is -0.116. The van der Waals surface area contributed by atoms with E-state index in [1.807, 2.05) is 37.3 Å². The molecule has 0 saturated carbocycles. The normalized spacial score (nSPS) is 11.2. The van der Waals surface area contributed by atoms with Gasteiger partial charge in [0, 0.05) is 19.2 Å². The van der Waals surface area contributed by atoms with E-state index in [-0.39, 0.29) is 11.3 Å². The zero-order valence-electron chi connectivity index (χ0n) is 17.9. The maximum atomic E-state index is 13.3. The van der Waals surface area contributed by atoms with Crippen molar-refractivity contribution in [3.63, 3.8) is 0 Å². The van der Waals surface area contributed by atoms with Crippen LogP contribution in [0.1, 0.15) is 31.1 Å². The first-order valence-corrected chi connectivity index (χ1v) is 10.4. The number of carbonyl (C=O) groups is 1. The minimum absolute atomic E-state index is 0.224. The molecule has 0 radical (unpaired) electrons. The number of hydrogen-bond acceptors (Lipinski definition) is 6. The van der Waals surface area contributed by atoms with Crippen LogP contribution in [0.15, 0.2) is 56.8 Å². The van der Waals surface area contributed by atoms with Gasteiger partial charge in [-0.05, 0) is 18.9 Å². The van der Waals surface area contributed by atoms with Crippen LogP contribution in [0, 0.1) is 6.92 Å². The summed E-state index contributed by atoms with van der Waals surface area (Å²) in [5.41, 5.74) is 0.482. The highest BCUT2D eigenvalue weighted by Gasteiger charge is 2.20. The largest absolute Gasteiger partial charge is 0.360 e. The fraction of sp³-hybridized carbons (Fsp3) is 0.318. The first-order valence-electron chi connectivity index (χ1n) is 10.4. The standard InChI is InChI=1S/C22H24N6O4/c1-3-4-10-27-20-19(26(14-23-20)12-16-8-6-5-7-9-16)21(30)28(22(27)31)13-18(29)24-17-11-15(2)32-25-17/h5-9,11,14H,3-4,10,12-13H2,1-2H3,(H,24,25,29). The molecule has 10 heteroatoms. The molecule has 1 amide bonds.